The second kappa shape index (κ2) is 6.81. The van der Waals surface area contributed by atoms with Crippen molar-refractivity contribution in [1.29, 1.82) is 0 Å². The molecule has 1 atom stereocenters. The van der Waals surface area contributed by atoms with Crippen molar-refractivity contribution >= 4 is 0 Å². The van der Waals surface area contributed by atoms with Crippen molar-refractivity contribution in [2.24, 2.45) is 0 Å². The summed E-state index contributed by atoms with van der Waals surface area (Å²) in [7, 11) is 0. The van der Waals surface area contributed by atoms with Gasteiger partial charge in [-0.3, -0.25) is 9.67 Å². The van der Waals surface area contributed by atoms with E-state index in [0.717, 1.165) is 53.5 Å². The molecule has 1 N–H and O–H groups in total. The van der Waals surface area contributed by atoms with Crippen LogP contribution in [0.15, 0.2) is 67.3 Å². The number of ether oxygens (including phenoxy) is 1. The molecule has 1 aliphatic rings. The molecule has 1 aromatic carbocycles. The van der Waals surface area contributed by atoms with Gasteiger partial charge in [-0.05, 0) is 29.7 Å². The summed E-state index contributed by atoms with van der Waals surface area (Å²) in [5.41, 5.74) is 5.04. The maximum absolute atomic E-state index is 5.46. The molecule has 0 spiro atoms. The van der Waals surface area contributed by atoms with Gasteiger partial charge in [-0.15, -0.1) is 0 Å². The third kappa shape index (κ3) is 3.15. The minimum absolute atomic E-state index is 0.332. The lowest BCUT2D eigenvalue weighted by Crippen LogP contribution is -2.08. The molecule has 134 valence electrons. The second-order valence-electron chi connectivity index (χ2n) is 6.67. The van der Waals surface area contributed by atoms with Gasteiger partial charge in [-0.1, -0.05) is 30.3 Å². The summed E-state index contributed by atoms with van der Waals surface area (Å²) < 4.78 is 7.46. The molecule has 6 heteroatoms. The minimum Gasteiger partial charge on any atom is -0.379 e. The Morgan fingerprint density at radius 3 is 2.78 bits per heavy atom. The zero-order valence-corrected chi connectivity index (χ0v) is 14.7. The van der Waals surface area contributed by atoms with Gasteiger partial charge in [0.1, 0.15) is 5.69 Å². The standard InChI is InChI=1S/C21H19N5O/c1-2-4-15(5-3-1)20-12-23-21(25-20)19-10-16(6-8-22-19)17-11-24-26(13-17)18-7-9-27-14-18/h1-6,8,10-13,18H,7,9,14H2,(H,23,25). The van der Waals surface area contributed by atoms with Crippen LogP contribution in [0.2, 0.25) is 0 Å². The molecular weight excluding hydrogens is 338 g/mol. The monoisotopic (exact) mass is 357 g/mol. The molecular formula is C21H19N5O. The minimum atomic E-state index is 0.332. The summed E-state index contributed by atoms with van der Waals surface area (Å²) in [6, 6.07) is 14.5. The van der Waals surface area contributed by atoms with Crippen molar-refractivity contribution in [3.8, 4) is 33.9 Å². The number of rotatable bonds is 4. The highest BCUT2D eigenvalue weighted by molar-refractivity contribution is 5.68. The quantitative estimate of drug-likeness (QED) is 0.600. The summed E-state index contributed by atoms with van der Waals surface area (Å²) in [5, 5.41) is 4.51. The van der Waals surface area contributed by atoms with E-state index in [1.165, 1.54) is 0 Å². The summed E-state index contributed by atoms with van der Waals surface area (Å²) in [6.45, 7) is 1.54. The molecule has 3 aromatic heterocycles. The fourth-order valence-corrected chi connectivity index (χ4v) is 3.37. The molecule has 6 nitrogen and oxygen atoms in total. The fraction of sp³-hybridized carbons (Fsp3) is 0.190. The number of pyridine rings is 1. The third-order valence-electron chi connectivity index (χ3n) is 4.88. The summed E-state index contributed by atoms with van der Waals surface area (Å²) >= 11 is 0. The molecule has 4 aromatic rings. The molecule has 1 fully saturated rings. The van der Waals surface area contributed by atoms with Crippen LogP contribution in [0.5, 0.6) is 0 Å². The average Bonchev–Trinajstić information content (AvgIpc) is 3.50. The topological polar surface area (TPSA) is 68.6 Å². The van der Waals surface area contributed by atoms with E-state index in [9.17, 15) is 0 Å². The first-order valence-corrected chi connectivity index (χ1v) is 9.06. The normalized spacial score (nSPS) is 16.7. The zero-order chi connectivity index (χ0) is 18.1. The highest BCUT2D eigenvalue weighted by Crippen LogP contribution is 2.26. The number of imidazole rings is 1. The number of aromatic nitrogens is 5. The lowest BCUT2D eigenvalue weighted by Gasteiger charge is -2.06. The van der Waals surface area contributed by atoms with E-state index in [2.05, 4.69) is 38.4 Å². The number of benzene rings is 1. The average molecular weight is 357 g/mol. The molecule has 1 saturated heterocycles. The van der Waals surface area contributed by atoms with E-state index in [-0.39, 0.29) is 0 Å². The van der Waals surface area contributed by atoms with Crippen molar-refractivity contribution in [2.45, 2.75) is 12.5 Å². The number of nitrogens with one attached hydrogen (secondary N) is 1. The number of nitrogens with zero attached hydrogens (tertiary/aromatic N) is 4. The van der Waals surface area contributed by atoms with Gasteiger partial charge < -0.3 is 9.72 Å². The van der Waals surface area contributed by atoms with Crippen molar-refractivity contribution < 1.29 is 4.74 Å². The van der Waals surface area contributed by atoms with Gasteiger partial charge in [0, 0.05) is 24.6 Å². The van der Waals surface area contributed by atoms with Crippen LogP contribution in [-0.2, 0) is 4.74 Å². The molecule has 0 saturated carbocycles. The molecule has 5 rings (SSSR count). The van der Waals surface area contributed by atoms with E-state index < -0.39 is 0 Å². The highest BCUT2D eigenvalue weighted by Gasteiger charge is 2.18. The van der Waals surface area contributed by atoms with Crippen LogP contribution in [0, 0.1) is 0 Å². The van der Waals surface area contributed by atoms with Crippen molar-refractivity contribution in [3.05, 3.63) is 67.3 Å². The van der Waals surface area contributed by atoms with E-state index in [0.29, 0.717) is 6.04 Å². The molecule has 1 aliphatic heterocycles. The smallest absolute Gasteiger partial charge is 0.156 e. The van der Waals surface area contributed by atoms with Gasteiger partial charge in [-0.2, -0.15) is 5.10 Å². The van der Waals surface area contributed by atoms with Gasteiger partial charge in [0.15, 0.2) is 5.82 Å². The lowest BCUT2D eigenvalue weighted by molar-refractivity contribution is 0.184. The molecule has 27 heavy (non-hydrogen) atoms. The van der Waals surface area contributed by atoms with Crippen LogP contribution in [0.1, 0.15) is 12.5 Å². The first-order valence-electron chi connectivity index (χ1n) is 9.06. The predicted octanol–water partition coefficient (Wildman–Crippen LogP) is 3.96. The Morgan fingerprint density at radius 2 is 1.93 bits per heavy atom. The fourth-order valence-electron chi connectivity index (χ4n) is 3.37. The summed E-state index contributed by atoms with van der Waals surface area (Å²) in [6.07, 6.45) is 8.64. The second-order valence-corrected chi connectivity index (χ2v) is 6.67. The molecule has 0 aliphatic carbocycles. The number of hydrogen-bond acceptors (Lipinski definition) is 4. The lowest BCUT2D eigenvalue weighted by atomic mass is 10.1. The third-order valence-corrected chi connectivity index (χ3v) is 4.88. The van der Waals surface area contributed by atoms with Gasteiger partial charge in [-0.25, -0.2) is 4.98 Å². The van der Waals surface area contributed by atoms with E-state index in [1.54, 1.807) is 0 Å². The Morgan fingerprint density at radius 1 is 1.00 bits per heavy atom. The zero-order valence-electron chi connectivity index (χ0n) is 14.7. The highest BCUT2D eigenvalue weighted by atomic mass is 16.5. The van der Waals surface area contributed by atoms with Crippen LogP contribution >= 0.6 is 0 Å². The van der Waals surface area contributed by atoms with Crippen LogP contribution < -0.4 is 0 Å². The van der Waals surface area contributed by atoms with Crippen molar-refractivity contribution in [2.75, 3.05) is 13.2 Å². The van der Waals surface area contributed by atoms with E-state index >= 15 is 0 Å². The maximum atomic E-state index is 5.46. The van der Waals surface area contributed by atoms with Gasteiger partial charge >= 0.3 is 0 Å². The van der Waals surface area contributed by atoms with Gasteiger partial charge in [0.2, 0.25) is 0 Å². The maximum Gasteiger partial charge on any atom is 0.156 e. The summed E-state index contributed by atoms with van der Waals surface area (Å²) in [5.74, 6) is 0.757. The largest absolute Gasteiger partial charge is 0.379 e. The van der Waals surface area contributed by atoms with E-state index in [1.807, 2.05) is 53.6 Å². The van der Waals surface area contributed by atoms with Crippen LogP contribution in [0.25, 0.3) is 33.9 Å². The molecule has 0 radical (unpaired) electrons. The number of aromatic amines is 1. The Labute approximate surface area is 156 Å². The van der Waals surface area contributed by atoms with Crippen LogP contribution in [0.3, 0.4) is 0 Å². The SMILES string of the molecule is c1ccc(-c2cnc(-c3cc(-c4cnn(C5CCOC5)c4)ccn3)[nH]2)cc1. The summed E-state index contributed by atoms with van der Waals surface area (Å²) in [4.78, 5) is 12.4. The molecule has 4 heterocycles. The molecule has 0 amide bonds. The Bertz CT molecular complexity index is 1050. The van der Waals surface area contributed by atoms with Crippen LogP contribution in [-0.4, -0.2) is 37.9 Å². The van der Waals surface area contributed by atoms with Gasteiger partial charge in [0.05, 0.1) is 30.7 Å². The van der Waals surface area contributed by atoms with Crippen molar-refractivity contribution in [3.63, 3.8) is 0 Å². The number of hydrogen-bond donors (Lipinski definition) is 1. The van der Waals surface area contributed by atoms with Crippen molar-refractivity contribution in [1.82, 2.24) is 24.7 Å². The molecule has 1 unspecified atom stereocenters. The first kappa shape index (κ1) is 16.0. The first-order chi connectivity index (χ1) is 13.4. The van der Waals surface area contributed by atoms with Gasteiger partial charge in [0.25, 0.3) is 0 Å². The Kier molecular flexibility index (Phi) is 4.03. The van der Waals surface area contributed by atoms with E-state index in [4.69, 9.17) is 4.74 Å². The number of H-pyrrole nitrogens is 1. The predicted molar refractivity (Wildman–Crippen MR) is 103 cm³/mol. The molecule has 0 bridgehead atoms. The Balaban J connectivity index is 1.43. The Hall–Kier alpha value is -3.25. The van der Waals surface area contributed by atoms with Crippen LogP contribution in [0.4, 0.5) is 0 Å².